The van der Waals surface area contributed by atoms with Crippen LogP contribution in [0.25, 0.3) is 22.6 Å². The zero-order valence-electron chi connectivity index (χ0n) is 15.3. The highest BCUT2D eigenvalue weighted by molar-refractivity contribution is 6.04. The largest absolute Gasteiger partial charge is 0.417 e. The number of nitrogen functional groups attached to an aromatic ring is 1. The number of nitrogens with zero attached hydrogens (tertiary/aromatic N) is 5. The van der Waals surface area contributed by atoms with Gasteiger partial charge in [0.05, 0.1) is 5.56 Å². The summed E-state index contributed by atoms with van der Waals surface area (Å²) in [5.41, 5.74) is 12.1. The van der Waals surface area contributed by atoms with Crippen molar-refractivity contribution in [3.05, 3.63) is 72.1 Å². The molecule has 0 aliphatic carbocycles. The Labute approximate surface area is 168 Å². The van der Waals surface area contributed by atoms with Crippen molar-refractivity contribution in [3.63, 3.8) is 0 Å². The van der Waals surface area contributed by atoms with Crippen molar-refractivity contribution in [2.24, 2.45) is 10.7 Å². The maximum absolute atomic E-state index is 13.5. The highest BCUT2D eigenvalue weighted by atomic mass is 19.4. The van der Waals surface area contributed by atoms with E-state index in [9.17, 15) is 13.2 Å². The first-order valence-electron chi connectivity index (χ1n) is 8.69. The summed E-state index contributed by atoms with van der Waals surface area (Å²) in [6, 6.07) is 11.8. The molecule has 2 aromatic carbocycles. The molecule has 0 amide bonds. The third kappa shape index (κ3) is 3.62. The van der Waals surface area contributed by atoms with Crippen molar-refractivity contribution in [3.8, 4) is 11.4 Å². The number of benzene rings is 2. The van der Waals surface area contributed by atoms with Crippen LogP contribution >= 0.6 is 0 Å². The number of anilines is 1. The van der Waals surface area contributed by atoms with Crippen molar-refractivity contribution < 1.29 is 13.2 Å². The van der Waals surface area contributed by atoms with Gasteiger partial charge in [0.25, 0.3) is 0 Å². The quantitative estimate of drug-likeness (QED) is 0.303. The van der Waals surface area contributed by atoms with Crippen molar-refractivity contribution in [2.75, 3.05) is 5.73 Å². The zero-order chi connectivity index (χ0) is 21.3. The van der Waals surface area contributed by atoms with E-state index in [-0.39, 0.29) is 34.2 Å². The van der Waals surface area contributed by atoms with Gasteiger partial charge < -0.3 is 11.5 Å². The molecule has 2 aromatic heterocycles. The Bertz CT molecular complexity index is 1270. The van der Waals surface area contributed by atoms with Gasteiger partial charge in [-0.1, -0.05) is 30.3 Å². The monoisotopic (exact) mass is 409 g/mol. The van der Waals surface area contributed by atoms with Crippen molar-refractivity contribution >= 4 is 28.5 Å². The number of aliphatic imine (C=N–C) groups is 1. The zero-order valence-corrected chi connectivity index (χ0v) is 15.3. The molecule has 4 rings (SSSR count). The predicted octanol–water partition coefficient (Wildman–Crippen LogP) is 3.72. The molecule has 2 heterocycles. The fourth-order valence-electron chi connectivity index (χ4n) is 2.88. The molecule has 0 unspecified atom stereocenters. The molecule has 0 saturated heterocycles. The van der Waals surface area contributed by atoms with Gasteiger partial charge in [0.2, 0.25) is 0 Å². The smallest absolute Gasteiger partial charge is 0.398 e. The average molecular weight is 409 g/mol. The van der Waals surface area contributed by atoms with Gasteiger partial charge in [-0.15, -0.1) is 0 Å². The Hall–Kier alpha value is -4.08. The summed E-state index contributed by atoms with van der Waals surface area (Å²) in [4.78, 5) is 20.9. The Morgan fingerprint density at radius 3 is 2.37 bits per heavy atom. The summed E-state index contributed by atoms with van der Waals surface area (Å²) in [7, 11) is 0. The van der Waals surface area contributed by atoms with Crippen LogP contribution in [-0.2, 0) is 6.18 Å². The van der Waals surface area contributed by atoms with Crippen LogP contribution in [0.4, 0.5) is 24.7 Å². The lowest BCUT2D eigenvalue weighted by Gasteiger charge is -2.12. The number of para-hydroxylation sites is 1. The molecular formula is C20H14F3N7. The Morgan fingerprint density at radius 1 is 0.900 bits per heavy atom. The summed E-state index contributed by atoms with van der Waals surface area (Å²) in [5.74, 6) is -0.168. The second-order valence-electron chi connectivity index (χ2n) is 6.23. The van der Waals surface area contributed by atoms with Crippen molar-refractivity contribution in [2.45, 2.75) is 6.18 Å². The number of rotatable bonds is 3. The number of amidine groups is 1. The second-order valence-corrected chi connectivity index (χ2v) is 6.23. The normalized spacial score (nSPS) is 12.3. The molecule has 0 aliphatic rings. The lowest BCUT2D eigenvalue weighted by Crippen LogP contribution is -2.15. The molecule has 0 bridgehead atoms. The van der Waals surface area contributed by atoms with Crippen LogP contribution in [0, 0.1) is 0 Å². The van der Waals surface area contributed by atoms with E-state index in [2.05, 4.69) is 24.9 Å². The first-order chi connectivity index (χ1) is 14.3. The van der Waals surface area contributed by atoms with E-state index in [0.717, 1.165) is 6.07 Å². The number of nitrogens with two attached hydrogens (primary N) is 2. The number of fused-ring (bicyclic) bond motifs is 1. The van der Waals surface area contributed by atoms with Crippen LogP contribution in [0.5, 0.6) is 0 Å². The van der Waals surface area contributed by atoms with E-state index < -0.39 is 11.7 Å². The summed E-state index contributed by atoms with van der Waals surface area (Å²) in [5, 5.41) is 0. The molecule has 7 nitrogen and oxygen atoms in total. The maximum Gasteiger partial charge on any atom is 0.417 e. The summed E-state index contributed by atoms with van der Waals surface area (Å²) < 4.78 is 40.4. The minimum atomic E-state index is -4.59. The third-order valence-corrected chi connectivity index (χ3v) is 4.25. The standard InChI is InChI=1S/C20H14F3N7/c21-20(22,23)13-7-3-1-5-11(13)17-29-18-15(26-9-10-27-18)19(30-17)28-16(25)12-6-2-4-8-14(12)24/h1-10H,24H2,(H2,25,27,28,29,30). The number of hydrogen-bond acceptors (Lipinski definition) is 6. The predicted molar refractivity (Wildman–Crippen MR) is 107 cm³/mol. The summed E-state index contributed by atoms with van der Waals surface area (Å²) in [6.07, 6.45) is -1.81. The van der Waals surface area contributed by atoms with Crippen molar-refractivity contribution in [1.82, 2.24) is 19.9 Å². The minimum absolute atomic E-state index is 0.0131. The molecule has 0 spiro atoms. The molecule has 0 fully saturated rings. The highest BCUT2D eigenvalue weighted by Crippen LogP contribution is 2.36. The first-order valence-corrected chi connectivity index (χ1v) is 8.69. The van der Waals surface area contributed by atoms with Crippen LogP contribution in [0.3, 0.4) is 0 Å². The molecule has 0 aliphatic heterocycles. The number of alkyl halides is 3. The second kappa shape index (κ2) is 7.39. The van der Waals surface area contributed by atoms with E-state index in [1.54, 1.807) is 24.3 Å². The van der Waals surface area contributed by atoms with Crippen LogP contribution in [-0.4, -0.2) is 25.8 Å². The van der Waals surface area contributed by atoms with Gasteiger partial charge in [-0.2, -0.15) is 13.2 Å². The van der Waals surface area contributed by atoms with E-state index >= 15 is 0 Å². The molecule has 0 saturated carbocycles. The van der Waals surface area contributed by atoms with Gasteiger partial charge in [0.1, 0.15) is 5.84 Å². The molecule has 30 heavy (non-hydrogen) atoms. The molecule has 0 radical (unpaired) electrons. The van der Waals surface area contributed by atoms with Gasteiger partial charge >= 0.3 is 6.18 Å². The average Bonchev–Trinajstić information content (AvgIpc) is 2.73. The Morgan fingerprint density at radius 2 is 1.60 bits per heavy atom. The number of hydrogen-bond donors (Lipinski definition) is 2. The summed E-state index contributed by atoms with van der Waals surface area (Å²) >= 11 is 0. The fourth-order valence-corrected chi connectivity index (χ4v) is 2.88. The molecule has 4 aromatic rings. The highest BCUT2D eigenvalue weighted by Gasteiger charge is 2.34. The van der Waals surface area contributed by atoms with E-state index in [4.69, 9.17) is 11.5 Å². The van der Waals surface area contributed by atoms with Crippen LogP contribution in [0.15, 0.2) is 65.9 Å². The first kappa shape index (κ1) is 19.2. The van der Waals surface area contributed by atoms with Crippen LogP contribution in [0.1, 0.15) is 11.1 Å². The Balaban J connectivity index is 1.95. The Kier molecular flexibility index (Phi) is 4.74. The van der Waals surface area contributed by atoms with Gasteiger partial charge in [0.15, 0.2) is 22.8 Å². The lowest BCUT2D eigenvalue weighted by molar-refractivity contribution is -0.137. The molecular weight excluding hydrogens is 395 g/mol. The molecule has 150 valence electrons. The van der Waals surface area contributed by atoms with Crippen molar-refractivity contribution in [1.29, 1.82) is 0 Å². The minimum Gasteiger partial charge on any atom is -0.398 e. The third-order valence-electron chi connectivity index (χ3n) is 4.25. The van der Waals surface area contributed by atoms with E-state index in [1.807, 2.05) is 0 Å². The SMILES string of the molecule is NC(=Nc1nc(-c2ccccc2C(F)(F)F)nc2nccnc12)c1ccccc1N. The number of aromatic nitrogens is 4. The molecule has 4 N–H and O–H groups in total. The summed E-state index contributed by atoms with van der Waals surface area (Å²) in [6.45, 7) is 0. The number of halogens is 3. The topological polar surface area (TPSA) is 116 Å². The molecule has 0 atom stereocenters. The lowest BCUT2D eigenvalue weighted by atomic mass is 10.1. The maximum atomic E-state index is 13.5. The van der Waals surface area contributed by atoms with Gasteiger partial charge in [0, 0.05) is 29.2 Å². The van der Waals surface area contributed by atoms with Crippen LogP contribution in [0.2, 0.25) is 0 Å². The van der Waals surface area contributed by atoms with Gasteiger partial charge in [-0.25, -0.2) is 24.9 Å². The van der Waals surface area contributed by atoms with E-state index in [1.165, 1.54) is 30.6 Å². The van der Waals surface area contributed by atoms with Gasteiger partial charge in [-0.05, 0) is 18.2 Å². The van der Waals surface area contributed by atoms with Crippen LogP contribution < -0.4 is 11.5 Å². The molecule has 10 heteroatoms. The van der Waals surface area contributed by atoms with E-state index in [0.29, 0.717) is 11.3 Å². The van der Waals surface area contributed by atoms with Gasteiger partial charge in [-0.3, -0.25) is 0 Å². The fraction of sp³-hybridized carbons (Fsp3) is 0.0500.